The lowest BCUT2D eigenvalue weighted by Gasteiger charge is -2.19. The first-order chi connectivity index (χ1) is 9.90. The highest BCUT2D eigenvalue weighted by Gasteiger charge is 2.25. The van der Waals surface area contributed by atoms with Gasteiger partial charge in [0.1, 0.15) is 17.3 Å². The molecule has 0 bridgehead atoms. The summed E-state index contributed by atoms with van der Waals surface area (Å²) in [4.78, 5) is 4.77. The van der Waals surface area contributed by atoms with Crippen molar-refractivity contribution in [1.29, 1.82) is 5.26 Å². The Morgan fingerprint density at radius 1 is 1.29 bits per heavy atom. The Morgan fingerprint density at radius 2 is 1.95 bits per heavy atom. The second-order valence-corrected chi connectivity index (χ2v) is 6.23. The molecule has 0 spiro atoms. The summed E-state index contributed by atoms with van der Waals surface area (Å²) < 4.78 is 2.07. The van der Waals surface area contributed by atoms with Gasteiger partial charge in [-0.2, -0.15) is 5.26 Å². The molecule has 2 rings (SSSR count). The van der Waals surface area contributed by atoms with Crippen LogP contribution < -0.4 is 5.73 Å². The average molecular weight is 282 g/mol. The molecule has 1 heterocycles. The van der Waals surface area contributed by atoms with E-state index in [0.717, 1.165) is 24.4 Å². The Bertz CT molecular complexity index is 684. The molecule has 0 saturated heterocycles. The fourth-order valence-corrected chi connectivity index (χ4v) is 2.47. The number of nitrogen functional groups attached to an aromatic ring is 1. The van der Waals surface area contributed by atoms with Gasteiger partial charge in [-0.05, 0) is 12.5 Å². The van der Waals surface area contributed by atoms with Gasteiger partial charge in [-0.15, -0.1) is 0 Å². The molecule has 1 aromatic carbocycles. The van der Waals surface area contributed by atoms with Crippen molar-refractivity contribution in [2.45, 2.75) is 46.1 Å². The van der Waals surface area contributed by atoms with Crippen molar-refractivity contribution in [3.8, 4) is 17.3 Å². The first-order valence-corrected chi connectivity index (χ1v) is 7.26. The Balaban J connectivity index is 2.69. The van der Waals surface area contributed by atoms with Gasteiger partial charge in [0.25, 0.3) is 0 Å². The minimum Gasteiger partial charge on any atom is -0.383 e. The van der Waals surface area contributed by atoms with Crippen LogP contribution in [0.1, 0.15) is 45.5 Å². The van der Waals surface area contributed by atoms with Gasteiger partial charge < -0.3 is 10.3 Å². The van der Waals surface area contributed by atoms with Gasteiger partial charge >= 0.3 is 0 Å². The molecule has 4 nitrogen and oxygen atoms in total. The van der Waals surface area contributed by atoms with Crippen LogP contribution in [-0.4, -0.2) is 9.55 Å². The predicted octanol–water partition coefficient (Wildman–Crippen LogP) is 3.71. The van der Waals surface area contributed by atoms with E-state index in [1.54, 1.807) is 6.07 Å². The number of benzene rings is 1. The van der Waals surface area contributed by atoms with E-state index in [9.17, 15) is 5.26 Å². The molecule has 4 heteroatoms. The molecule has 2 N–H and O–H groups in total. The van der Waals surface area contributed by atoms with Gasteiger partial charge in [-0.25, -0.2) is 4.98 Å². The quantitative estimate of drug-likeness (QED) is 0.933. The molecule has 2 aromatic rings. The van der Waals surface area contributed by atoms with Crippen molar-refractivity contribution in [2.24, 2.45) is 0 Å². The number of imidazole rings is 1. The topological polar surface area (TPSA) is 67.6 Å². The van der Waals surface area contributed by atoms with Crippen LogP contribution in [0.25, 0.3) is 11.3 Å². The van der Waals surface area contributed by atoms with Crippen molar-refractivity contribution in [1.82, 2.24) is 9.55 Å². The van der Waals surface area contributed by atoms with Crippen LogP contribution in [0.3, 0.4) is 0 Å². The van der Waals surface area contributed by atoms with E-state index in [1.807, 2.05) is 18.2 Å². The number of hydrogen-bond donors (Lipinski definition) is 1. The lowest BCUT2D eigenvalue weighted by Crippen LogP contribution is -2.19. The molecule has 0 atom stereocenters. The predicted molar refractivity (Wildman–Crippen MR) is 85.8 cm³/mol. The van der Waals surface area contributed by atoms with Crippen LogP contribution in [0.15, 0.2) is 24.3 Å². The average Bonchev–Trinajstić information content (AvgIpc) is 2.77. The molecule has 0 amide bonds. The van der Waals surface area contributed by atoms with Crippen molar-refractivity contribution in [3.05, 3.63) is 35.7 Å². The third kappa shape index (κ3) is 2.78. The number of aromatic nitrogens is 2. The Hall–Kier alpha value is -2.28. The lowest BCUT2D eigenvalue weighted by atomic mass is 9.95. The summed E-state index contributed by atoms with van der Waals surface area (Å²) in [5, 5.41) is 9.28. The Morgan fingerprint density at radius 3 is 2.52 bits per heavy atom. The van der Waals surface area contributed by atoms with Crippen LogP contribution in [0.2, 0.25) is 0 Å². The first kappa shape index (κ1) is 15.1. The van der Waals surface area contributed by atoms with E-state index in [0.29, 0.717) is 17.1 Å². The second-order valence-electron chi connectivity index (χ2n) is 6.23. The summed E-state index contributed by atoms with van der Waals surface area (Å²) in [6, 6.07) is 9.68. The van der Waals surface area contributed by atoms with Crippen LogP contribution in [-0.2, 0) is 12.0 Å². The standard InChI is InChI=1S/C17H22N4/c1-5-10-21-15(19)14(20-16(21)17(2,3)4)13-9-7-6-8-12(13)11-18/h6-9H,5,10,19H2,1-4H3. The zero-order chi connectivity index (χ0) is 15.6. The summed E-state index contributed by atoms with van der Waals surface area (Å²) in [6.07, 6.45) is 0.989. The second kappa shape index (κ2) is 5.61. The molecular weight excluding hydrogens is 260 g/mol. The van der Waals surface area contributed by atoms with E-state index in [2.05, 4.69) is 38.3 Å². The van der Waals surface area contributed by atoms with Gasteiger partial charge in [0.2, 0.25) is 0 Å². The van der Waals surface area contributed by atoms with Gasteiger partial charge in [-0.1, -0.05) is 45.9 Å². The molecule has 0 aliphatic rings. The fourth-order valence-electron chi connectivity index (χ4n) is 2.47. The van der Waals surface area contributed by atoms with Crippen molar-refractivity contribution < 1.29 is 0 Å². The minimum absolute atomic E-state index is 0.0941. The van der Waals surface area contributed by atoms with E-state index >= 15 is 0 Å². The van der Waals surface area contributed by atoms with E-state index < -0.39 is 0 Å². The summed E-state index contributed by atoms with van der Waals surface area (Å²) >= 11 is 0. The first-order valence-electron chi connectivity index (χ1n) is 7.26. The summed E-state index contributed by atoms with van der Waals surface area (Å²) in [6.45, 7) is 9.33. The van der Waals surface area contributed by atoms with Crippen LogP contribution in [0.5, 0.6) is 0 Å². The number of nitrogens with zero attached hydrogens (tertiary/aromatic N) is 3. The highest BCUT2D eigenvalue weighted by molar-refractivity contribution is 5.76. The SMILES string of the molecule is CCCn1c(C(C)(C)C)nc(-c2ccccc2C#N)c1N. The summed E-state index contributed by atoms with van der Waals surface area (Å²) in [5.41, 5.74) is 8.36. The molecular formula is C17H22N4. The number of anilines is 1. The van der Waals surface area contributed by atoms with Gasteiger partial charge in [0, 0.05) is 17.5 Å². The van der Waals surface area contributed by atoms with Crippen LogP contribution >= 0.6 is 0 Å². The highest BCUT2D eigenvalue weighted by Crippen LogP contribution is 2.33. The van der Waals surface area contributed by atoms with E-state index in [-0.39, 0.29) is 5.41 Å². The normalized spacial score (nSPS) is 11.4. The molecule has 0 aliphatic heterocycles. The molecule has 0 unspecified atom stereocenters. The molecule has 110 valence electrons. The van der Waals surface area contributed by atoms with Crippen molar-refractivity contribution in [3.63, 3.8) is 0 Å². The highest BCUT2D eigenvalue weighted by atomic mass is 15.1. The molecule has 0 radical (unpaired) electrons. The monoisotopic (exact) mass is 282 g/mol. The molecule has 0 saturated carbocycles. The van der Waals surface area contributed by atoms with Crippen LogP contribution in [0.4, 0.5) is 5.82 Å². The molecule has 21 heavy (non-hydrogen) atoms. The number of hydrogen-bond acceptors (Lipinski definition) is 3. The van der Waals surface area contributed by atoms with Crippen molar-refractivity contribution in [2.75, 3.05) is 5.73 Å². The smallest absolute Gasteiger partial charge is 0.131 e. The molecule has 0 fully saturated rings. The third-order valence-corrected chi connectivity index (χ3v) is 3.43. The Kier molecular flexibility index (Phi) is 4.04. The lowest BCUT2D eigenvalue weighted by molar-refractivity contribution is 0.498. The van der Waals surface area contributed by atoms with E-state index in [1.165, 1.54) is 0 Å². The maximum Gasteiger partial charge on any atom is 0.131 e. The number of nitriles is 1. The van der Waals surface area contributed by atoms with Crippen molar-refractivity contribution >= 4 is 5.82 Å². The zero-order valence-electron chi connectivity index (χ0n) is 13.1. The van der Waals surface area contributed by atoms with Gasteiger partial charge in [0.15, 0.2) is 0 Å². The fraction of sp³-hybridized carbons (Fsp3) is 0.412. The largest absolute Gasteiger partial charge is 0.383 e. The maximum absolute atomic E-state index is 9.28. The third-order valence-electron chi connectivity index (χ3n) is 3.43. The van der Waals surface area contributed by atoms with Gasteiger partial charge in [0.05, 0.1) is 11.6 Å². The number of nitrogens with two attached hydrogens (primary N) is 1. The summed E-state index contributed by atoms with van der Waals surface area (Å²) in [7, 11) is 0. The minimum atomic E-state index is -0.0941. The van der Waals surface area contributed by atoms with Crippen LogP contribution in [0, 0.1) is 11.3 Å². The maximum atomic E-state index is 9.28. The van der Waals surface area contributed by atoms with E-state index in [4.69, 9.17) is 10.7 Å². The van der Waals surface area contributed by atoms with Gasteiger partial charge in [-0.3, -0.25) is 0 Å². The number of rotatable bonds is 3. The molecule has 1 aromatic heterocycles. The Labute approximate surface area is 126 Å². The molecule has 0 aliphatic carbocycles. The summed E-state index contributed by atoms with van der Waals surface area (Å²) in [5.74, 6) is 1.61. The zero-order valence-corrected chi connectivity index (χ0v) is 13.1.